The van der Waals surface area contributed by atoms with E-state index in [4.69, 9.17) is 14.7 Å². The highest BCUT2D eigenvalue weighted by Crippen LogP contribution is 2.11. The molecule has 1 N–H and O–H groups in total. The lowest BCUT2D eigenvalue weighted by atomic mass is 10.2. The summed E-state index contributed by atoms with van der Waals surface area (Å²) in [4.78, 5) is 11.7. The van der Waals surface area contributed by atoms with Crippen molar-refractivity contribution in [1.29, 1.82) is 5.26 Å². The van der Waals surface area contributed by atoms with Crippen LogP contribution in [0.15, 0.2) is 29.2 Å². The van der Waals surface area contributed by atoms with E-state index in [0.29, 0.717) is 13.2 Å². The smallest absolute Gasteiger partial charge is 0.338 e. The molecule has 0 aliphatic rings. The number of sulfonamides is 1. The minimum absolute atomic E-state index is 0.0244. The van der Waals surface area contributed by atoms with E-state index in [-0.39, 0.29) is 30.0 Å². The number of hydrogen-bond acceptors (Lipinski definition) is 6. The minimum Gasteiger partial charge on any atom is -0.460 e. The number of benzene rings is 1. The Balaban J connectivity index is 2.62. The van der Waals surface area contributed by atoms with Crippen LogP contribution in [0.1, 0.15) is 23.7 Å². The molecule has 0 spiro atoms. The highest BCUT2D eigenvalue weighted by atomic mass is 32.2. The first kappa shape index (κ1) is 18.1. The van der Waals surface area contributed by atoms with Gasteiger partial charge in [0.25, 0.3) is 0 Å². The summed E-state index contributed by atoms with van der Waals surface area (Å²) in [5.41, 5.74) is 0.257. The highest BCUT2D eigenvalue weighted by molar-refractivity contribution is 7.89. The van der Waals surface area contributed by atoms with Gasteiger partial charge < -0.3 is 9.47 Å². The van der Waals surface area contributed by atoms with Gasteiger partial charge in [0.2, 0.25) is 10.0 Å². The third kappa shape index (κ3) is 5.81. The SMILES string of the molecule is CCOCCOC(=O)c1ccc(S(=O)(=O)NCCC#N)cc1. The van der Waals surface area contributed by atoms with Gasteiger partial charge in [-0.1, -0.05) is 0 Å². The number of nitriles is 1. The summed E-state index contributed by atoms with van der Waals surface area (Å²) < 4.78 is 36.1. The van der Waals surface area contributed by atoms with Gasteiger partial charge in [0, 0.05) is 19.6 Å². The van der Waals surface area contributed by atoms with Gasteiger partial charge >= 0.3 is 5.97 Å². The van der Waals surface area contributed by atoms with Crippen LogP contribution in [0.25, 0.3) is 0 Å². The number of nitrogens with zero attached hydrogens (tertiary/aromatic N) is 1. The van der Waals surface area contributed by atoms with Crippen LogP contribution in [-0.4, -0.2) is 40.8 Å². The van der Waals surface area contributed by atoms with Crippen molar-refractivity contribution in [3.63, 3.8) is 0 Å². The first-order chi connectivity index (χ1) is 10.5. The second-order valence-corrected chi connectivity index (χ2v) is 5.93. The molecule has 8 heteroatoms. The molecule has 120 valence electrons. The van der Waals surface area contributed by atoms with Gasteiger partial charge in [-0.25, -0.2) is 17.9 Å². The number of rotatable bonds is 9. The van der Waals surface area contributed by atoms with Crippen LogP contribution in [-0.2, 0) is 19.5 Å². The van der Waals surface area contributed by atoms with E-state index in [0.717, 1.165) is 0 Å². The van der Waals surface area contributed by atoms with Gasteiger partial charge in [-0.2, -0.15) is 5.26 Å². The molecule has 0 radical (unpaired) electrons. The molecule has 0 heterocycles. The first-order valence-electron chi connectivity index (χ1n) is 6.73. The van der Waals surface area contributed by atoms with Crippen molar-refractivity contribution in [2.45, 2.75) is 18.2 Å². The summed E-state index contributed by atoms with van der Waals surface area (Å²) in [5, 5.41) is 8.39. The van der Waals surface area contributed by atoms with Crippen molar-refractivity contribution < 1.29 is 22.7 Å². The molecule has 0 aliphatic heterocycles. The standard InChI is InChI=1S/C14H18N2O5S/c1-2-20-10-11-21-14(17)12-4-6-13(7-5-12)22(18,19)16-9-3-8-15/h4-7,16H,2-3,9-11H2,1H3. The van der Waals surface area contributed by atoms with E-state index >= 15 is 0 Å². The Kier molecular flexibility index (Phi) is 7.52. The average molecular weight is 326 g/mol. The van der Waals surface area contributed by atoms with Crippen molar-refractivity contribution >= 4 is 16.0 Å². The number of nitrogens with one attached hydrogen (secondary N) is 1. The van der Waals surface area contributed by atoms with E-state index in [1.54, 1.807) is 0 Å². The third-order valence-corrected chi connectivity index (χ3v) is 4.07. The lowest BCUT2D eigenvalue weighted by Gasteiger charge is -2.07. The maximum atomic E-state index is 11.9. The zero-order chi connectivity index (χ0) is 16.4. The van der Waals surface area contributed by atoms with Gasteiger partial charge in [-0.3, -0.25) is 0 Å². The number of carbonyl (C=O) groups is 1. The second-order valence-electron chi connectivity index (χ2n) is 4.16. The molecule has 0 saturated heterocycles. The van der Waals surface area contributed by atoms with Gasteiger partial charge in [0.1, 0.15) is 6.61 Å². The number of ether oxygens (including phenoxy) is 2. The molecule has 0 bridgehead atoms. The maximum Gasteiger partial charge on any atom is 0.338 e. The lowest BCUT2D eigenvalue weighted by Crippen LogP contribution is -2.24. The third-order valence-electron chi connectivity index (χ3n) is 2.59. The molecule has 0 saturated carbocycles. The van der Waals surface area contributed by atoms with Crippen LogP contribution < -0.4 is 4.72 Å². The Labute approximate surface area is 129 Å². The zero-order valence-corrected chi connectivity index (χ0v) is 13.1. The summed E-state index contributed by atoms with van der Waals surface area (Å²) in [6, 6.07) is 7.23. The van der Waals surface area contributed by atoms with Crippen molar-refractivity contribution in [3.05, 3.63) is 29.8 Å². The van der Waals surface area contributed by atoms with Gasteiger partial charge in [0.15, 0.2) is 0 Å². The van der Waals surface area contributed by atoms with Gasteiger partial charge in [-0.15, -0.1) is 0 Å². The Morgan fingerprint density at radius 1 is 1.27 bits per heavy atom. The maximum absolute atomic E-state index is 11.9. The molecule has 1 aromatic carbocycles. The highest BCUT2D eigenvalue weighted by Gasteiger charge is 2.14. The Bertz CT molecular complexity index is 620. The van der Waals surface area contributed by atoms with Crippen LogP contribution >= 0.6 is 0 Å². The van der Waals surface area contributed by atoms with Crippen LogP contribution in [0, 0.1) is 11.3 Å². The first-order valence-corrected chi connectivity index (χ1v) is 8.21. The second kappa shape index (κ2) is 9.15. The number of carbonyl (C=O) groups excluding carboxylic acids is 1. The molecule has 22 heavy (non-hydrogen) atoms. The summed E-state index contributed by atoms with van der Waals surface area (Å²) in [7, 11) is -3.67. The fraction of sp³-hybridized carbons (Fsp3) is 0.429. The van der Waals surface area contributed by atoms with Crippen LogP contribution in [0.5, 0.6) is 0 Å². The summed E-state index contributed by atoms with van der Waals surface area (Å²) in [5.74, 6) is -0.541. The van der Waals surface area contributed by atoms with Crippen molar-refractivity contribution in [1.82, 2.24) is 4.72 Å². The van der Waals surface area contributed by atoms with Crippen molar-refractivity contribution in [2.75, 3.05) is 26.4 Å². The molecule has 0 atom stereocenters. The quantitative estimate of drug-likeness (QED) is 0.537. The topological polar surface area (TPSA) is 105 Å². The van der Waals surface area contributed by atoms with E-state index < -0.39 is 16.0 Å². The van der Waals surface area contributed by atoms with Crippen LogP contribution in [0.2, 0.25) is 0 Å². The molecular formula is C14H18N2O5S. The van der Waals surface area contributed by atoms with E-state index in [1.165, 1.54) is 24.3 Å². The fourth-order valence-electron chi connectivity index (χ4n) is 1.52. The predicted molar refractivity (Wildman–Crippen MR) is 78.6 cm³/mol. The normalized spacial score (nSPS) is 10.9. The van der Waals surface area contributed by atoms with E-state index in [9.17, 15) is 13.2 Å². The molecule has 7 nitrogen and oxygen atoms in total. The Morgan fingerprint density at radius 3 is 2.55 bits per heavy atom. The number of esters is 1. The summed E-state index contributed by atoms with van der Waals surface area (Å²) in [6.07, 6.45) is 0.0868. The molecule has 0 fully saturated rings. The van der Waals surface area contributed by atoms with Crippen molar-refractivity contribution in [3.8, 4) is 6.07 Å². The fourth-order valence-corrected chi connectivity index (χ4v) is 2.55. The largest absolute Gasteiger partial charge is 0.460 e. The van der Waals surface area contributed by atoms with Crippen LogP contribution in [0.4, 0.5) is 0 Å². The zero-order valence-electron chi connectivity index (χ0n) is 12.2. The van der Waals surface area contributed by atoms with Crippen LogP contribution in [0.3, 0.4) is 0 Å². The van der Waals surface area contributed by atoms with E-state index in [1.807, 2.05) is 13.0 Å². The summed E-state index contributed by atoms with van der Waals surface area (Å²) in [6.45, 7) is 2.88. The number of hydrogen-bond donors (Lipinski definition) is 1. The molecular weight excluding hydrogens is 308 g/mol. The molecule has 0 aliphatic carbocycles. The lowest BCUT2D eigenvalue weighted by molar-refractivity contribution is 0.0335. The molecule has 1 aromatic rings. The van der Waals surface area contributed by atoms with Gasteiger partial charge in [-0.05, 0) is 31.2 Å². The Morgan fingerprint density at radius 2 is 1.95 bits per heavy atom. The molecule has 0 unspecified atom stereocenters. The molecule has 1 rings (SSSR count). The minimum atomic E-state index is -3.67. The average Bonchev–Trinajstić information content (AvgIpc) is 2.51. The monoisotopic (exact) mass is 326 g/mol. The van der Waals surface area contributed by atoms with E-state index in [2.05, 4.69) is 4.72 Å². The predicted octanol–water partition coefficient (Wildman–Crippen LogP) is 1.07. The van der Waals surface area contributed by atoms with Gasteiger partial charge in [0.05, 0.1) is 23.1 Å². The molecule has 0 aromatic heterocycles. The Hall–Kier alpha value is -1.95. The summed E-state index contributed by atoms with van der Waals surface area (Å²) >= 11 is 0. The molecule has 0 amide bonds. The van der Waals surface area contributed by atoms with Crippen molar-refractivity contribution in [2.24, 2.45) is 0 Å².